The SMILES string of the molecule is Cc1cc(C)cc(Cc2ccc(Cl)cc2/C=C2\C(=O)NC(=O)N(c3ccccc3Cl)C2=O)c1. The van der Waals surface area contributed by atoms with Gasteiger partial charge in [-0.2, -0.15) is 0 Å². The molecule has 0 unspecified atom stereocenters. The van der Waals surface area contributed by atoms with Crippen molar-refractivity contribution >= 4 is 52.8 Å². The number of benzene rings is 3. The number of carbonyl (C=O) groups excluding carboxylic acids is 3. The molecule has 0 spiro atoms. The minimum atomic E-state index is -0.850. The maximum atomic E-state index is 13.2. The Morgan fingerprint density at radius 2 is 1.61 bits per heavy atom. The molecular formula is C26H20Cl2N2O3. The van der Waals surface area contributed by atoms with Crippen LogP contribution in [0.5, 0.6) is 0 Å². The van der Waals surface area contributed by atoms with Gasteiger partial charge < -0.3 is 0 Å². The van der Waals surface area contributed by atoms with E-state index in [-0.39, 0.29) is 16.3 Å². The number of para-hydroxylation sites is 1. The van der Waals surface area contributed by atoms with Crippen molar-refractivity contribution in [2.75, 3.05) is 4.90 Å². The predicted molar refractivity (Wildman–Crippen MR) is 131 cm³/mol. The number of amides is 4. The molecule has 4 rings (SSSR count). The van der Waals surface area contributed by atoms with Crippen LogP contribution in [0, 0.1) is 13.8 Å². The summed E-state index contributed by atoms with van der Waals surface area (Å²) >= 11 is 12.4. The van der Waals surface area contributed by atoms with Gasteiger partial charge in [0.25, 0.3) is 11.8 Å². The first-order valence-corrected chi connectivity index (χ1v) is 11.0. The summed E-state index contributed by atoms with van der Waals surface area (Å²) in [6.45, 7) is 4.07. The lowest BCUT2D eigenvalue weighted by Gasteiger charge is -2.27. The summed E-state index contributed by atoms with van der Waals surface area (Å²) in [5.41, 5.74) is 4.92. The van der Waals surface area contributed by atoms with E-state index in [1.165, 1.54) is 12.1 Å². The average molecular weight is 479 g/mol. The van der Waals surface area contributed by atoms with Crippen LogP contribution in [0.15, 0.2) is 66.2 Å². The zero-order chi connectivity index (χ0) is 23.7. The highest BCUT2D eigenvalue weighted by atomic mass is 35.5. The maximum absolute atomic E-state index is 13.2. The third-order valence-electron chi connectivity index (χ3n) is 5.28. The Bertz CT molecular complexity index is 1310. The van der Waals surface area contributed by atoms with Gasteiger partial charge in [-0.05, 0) is 67.3 Å². The van der Waals surface area contributed by atoms with Crippen LogP contribution < -0.4 is 10.2 Å². The van der Waals surface area contributed by atoms with Gasteiger partial charge in [0.2, 0.25) is 0 Å². The Morgan fingerprint density at radius 3 is 2.30 bits per heavy atom. The molecule has 1 saturated heterocycles. The number of nitrogens with one attached hydrogen (secondary N) is 1. The number of nitrogens with zero attached hydrogens (tertiary/aromatic N) is 1. The summed E-state index contributed by atoms with van der Waals surface area (Å²) in [6, 6.07) is 17.2. The summed E-state index contributed by atoms with van der Waals surface area (Å²) in [5, 5.41) is 2.90. The Kier molecular flexibility index (Phi) is 6.36. The summed E-state index contributed by atoms with van der Waals surface area (Å²) in [4.78, 5) is 39.2. The summed E-state index contributed by atoms with van der Waals surface area (Å²) < 4.78 is 0. The zero-order valence-electron chi connectivity index (χ0n) is 18.0. The quantitative estimate of drug-likeness (QED) is 0.376. The summed E-state index contributed by atoms with van der Waals surface area (Å²) in [7, 11) is 0. The van der Waals surface area contributed by atoms with Gasteiger partial charge in [0.05, 0.1) is 10.7 Å². The normalized spacial score (nSPS) is 15.2. The Morgan fingerprint density at radius 1 is 0.909 bits per heavy atom. The van der Waals surface area contributed by atoms with E-state index in [0.29, 0.717) is 17.0 Å². The molecule has 0 bridgehead atoms. The van der Waals surface area contributed by atoms with E-state index in [9.17, 15) is 14.4 Å². The number of anilines is 1. The molecule has 0 saturated carbocycles. The van der Waals surface area contributed by atoms with Crippen LogP contribution in [0.2, 0.25) is 10.0 Å². The second-order valence-electron chi connectivity index (χ2n) is 7.93. The monoisotopic (exact) mass is 478 g/mol. The number of hydrogen-bond donors (Lipinski definition) is 1. The molecule has 0 aliphatic carbocycles. The molecule has 1 N–H and O–H groups in total. The number of rotatable bonds is 4. The minimum Gasteiger partial charge on any atom is -0.273 e. The van der Waals surface area contributed by atoms with Crippen molar-refractivity contribution in [2.45, 2.75) is 20.3 Å². The lowest BCUT2D eigenvalue weighted by atomic mass is 9.95. The Labute approximate surface area is 201 Å². The van der Waals surface area contributed by atoms with Crippen LogP contribution in [0.4, 0.5) is 10.5 Å². The molecule has 7 heteroatoms. The van der Waals surface area contributed by atoms with Gasteiger partial charge in [0.1, 0.15) is 5.57 Å². The fraction of sp³-hybridized carbons (Fsp3) is 0.115. The molecule has 1 aliphatic rings. The molecule has 4 amide bonds. The third kappa shape index (κ3) is 4.85. The molecule has 0 aromatic heterocycles. The first-order valence-electron chi connectivity index (χ1n) is 10.2. The molecule has 5 nitrogen and oxygen atoms in total. The van der Waals surface area contributed by atoms with Crippen molar-refractivity contribution < 1.29 is 14.4 Å². The molecule has 33 heavy (non-hydrogen) atoms. The van der Waals surface area contributed by atoms with E-state index in [1.54, 1.807) is 30.3 Å². The number of barbiturate groups is 1. The van der Waals surface area contributed by atoms with Crippen molar-refractivity contribution in [3.05, 3.63) is 104 Å². The second kappa shape index (κ2) is 9.22. The van der Waals surface area contributed by atoms with Crippen LogP contribution in [0.3, 0.4) is 0 Å². The lowest BCUT2D eigenvalue weighted by Crippen LogP contribution is -2.54. The molecule has 3 aromatic rings. The maximum Gasteiger partial charge on any atom is 0.335 e. The fourth-order valence-electron chi connectivity index (χ4n) is 3.92. The van der Waals surface area contributed by atoms with Gasteiger partial charge in [-0.15, -0.1) is 0 Å². The molecule has 3 aromatic carbocycles. The molecule has 0 atom stereocenters. The van der Waals surface area contributed by atoms with Gasteiger partial charge in [-0.25, -0.2) is 9.69 Å². The minimum absolute atomic E-state index is 0.182. The van der Waals surface area contributed by atoms with E-state index < -0.39 is 17.8 Å². The van der Waals surface area contributed by atoms with E-state index >= 15 is 0 Å². The molecular weight excluding hydrogens is 459 g/mol. The molecule has 0 radical (unpaired) electrons. The zero-order valence-corrected chi connectivity index (χ0v) is 19.5. The first-order chi connectivity index (χ1) is 15.7. The average Bonchev–Trinajstić information content (AvgIpc) is 2.73. The number of halogens is 2. The number of carbonyl (C=O) groups is 3. The third-order valence-corrected chi connectivity index (χ3v) is 5.83. The summed E-state index contributed by atoms with van der Waals surface area (Å²) in [5.74, 6) is -1.53. The van der Waals surface area contributed by atoms with E-state index in [2.05, 4.69) is 23.5 Å². The van der Waals surface area contributed by atoms with Crippen molar-refractivity contribution in [3.8, 4) is 0 Å². The van der Waals surface area contributed by atoms with E-state index in [4.69, 9.17) is 23.2 Å². The lowest BCUT2D eigenvalue weighted by molar-refractivity contribution is -0.122. The number of aryl methyl sites for hydroxylation is 2. The van der Waals surface area contributed by atoms with Gasteiger partial charge in [0.15, 0.2) is 0 Å². The second-order valence-corrected chi connectivity index (χ2v) is 8.77. The highest BCUT2D eigenvalue weighted by Gasteiger charge is 2.37. The molecule has 166 valence electrons. The molecule has 1 heterocycles. The van der Waals surface area contributed by atoms with Crippen LogP contribution in [-0.4, -0.2) is 17.8 Å². The molecule has 1 fully saturated rings. The van der Waals surface area contributed by atoms with Crippen LogP contribution in [0.1, 0.15) is 27.8 Å². The fourth-order valence-corrected chi connectivity index (χ4v) is 4.32. The Balaban J connectivity index is 1.76. The number of imide groups is 2. The largest absolute Gasteiger partial charge is 0.335 e. The standard InChI is InChI=1S/C26H20Cl2N2O3/c1-15-9-16(2)11-17(10-15)12-18-7-8-20(27)13-19(18)14-21-24(31)29-26(33)30(25(21)32)23-6-4-3-5-22(23)28/h3-11,13-14H,12H2,1-2H3,(H,29,31,33)/b21-14+. The van der Waals surface area contributed by atoms with Crippen LogP contribution >= 0.6 is 23.2 Å². The van der Waals surface area contributed by atoms with Gasteiger partial charge >= 0.3 is 6.03 Å². The van der Waals surface area contributed by atoms with Gasteiger partial charge in [-0.1, -0.05) is 70.7 Å². The van der Waals surface area contributed by atoms with Crippen LogP contribution in [0.25, 0.3) is 6.08 Å². The highest BCUT2D eigenvalue weighted by molar-refractivity contribution is 6.42. The van der Waals surface area contributed by atoms with E-state index in [1.807, 2.05) is 19.9 Å². The van der Waals surface area contributed by atoms with Gasteiger partial charge in [-0.3, -0.25) is 14.9 Å². The van der Waals surface area contributed by atoms with Crippen LogP contribution in [-0.2, 0) is 16.0 Å². The van der Waals surface area contributed by atoms with Crippen molar-refractivity contribution in [1.29, 1.82) is 0 Å². The Hall–Kier alpha value is -3.41. The van der Waals surface area contributed by atoms with Gasteiger partial charge in [0, 0.05) is 5.02 Å². The smallest absolute Gasteiger partial charge is 0.273 e. The summed E-state index contributed by atoms with van der Waals surface area (Å²) in [6.07, 6.45) is 2.06. The predicted octanol–water partition coefficient (Wildman–Crippen LogP) is 5.87. The van der Waals surface area contributed by atoms with Crippen molar-refractivity contribution in [3.63, 3.8) is 0 Å². The van der Waals surface area contributed by atoms with E-state index in [0.717, 1.165) is 27.2 Å². The first kappa shape index (κ1) is 22.8. The number of urea groups is 1. The van der Waals surface area contributed by atoms with Crippen molar-refractivity contribution in [2.24, 2.45) is 0 Å². The molecule has 1 aliphatic heterocycles. The highest BCUT2D eigenvalue weighted by Crippen LogP contribution is 2.30. The number of hydrogen-bond acceptors (Lipinski definition) is 3. The van der Waals surface area contributed by atoms with Crippen molar-refractivity contribution in [1.82, 2.24) is 5.32 Å². The topological polar surface area (TPSA) is 66.5 Å².